The number of likely N-dealkylation sites (N-methyl/N-ethyl adjacent to an activating group) is 1. The van der Waals surface area contributed by atoms with Gasteiger partial charge in [0.25, 0.3) is 0 Å². The van der Waals surface area contributed by atoms with Gasteiger partial charge in [-0.15, -0.1) is 11.3 Å². The van der Waals surface area contributed by atoms with Crippen molar-refractivity contribution in [2.45, 2.75) is 32.7 Å². The molecule has 0 aliphatic carbocycles. The molecule has 0 aliphatic heterocycles. The van der Waals surface area contributed by atoms with Crippen LogP contribution < -0.4 is 5.32 Å². The predicted molar refractivity (Wildman–Crippen MR) is 78.9 cm³/mol. The first-order valence-electron chi connectivity index (χ1n) is 6.44. The third-order valence-corrected chi connectivity index (χ3v) is 3.38. The molecule has 0 radical (unpaired) electrons. The number of anilines is 1. The molecular weight excluding hydrogens is 262 g/mol. The fraction of sp³-hybridized carbons (Fsp3) is 0.692. The minimum absolute atomic E-state index is 0.0132. The van der Waals surface area contributed by atoms with E-state index in [9.17, 15) is 4.79 Å². The molecular formula is C13H23N3O2S. The van der Waals surface area contributed by atoms with E-state index >= 15 is 0 Å². The number of rotatable bonds is 8. The summed E-state index contributed by atoms with van der Waals surface area (Å²) in [6.07, 6.45) is 1.05. The van der Waals surface area contributed by atoms with E-state index in [0.717, 1.165) is 18.1 Å². The van der Waals surface area contributed by atoms with Crippen molar-refractivity contribution in [2.75, 3.05) is 26.0 Å². The van der Waals surface area contributed by atoms with Gasteiger partial charge in [0.2, 0.25) is 0 Å². The zero-order chi connectivity index (χ0) is 14.4. The van der Waals surface area contributed by atoms with Crippen LogP contribution in [-0.2, 0) is 11.2 Å². The van der Waals surface area contributed by atoms with Crippen LogP contribution in [0.25, 0.3) is 0 Å². The van der Waals surface area contributed by atoms with Gasteiger partial charge in [0, 0.05) is 18.0 Å². The highest BCUT2D eigenvalue weighted by molar-refractivity contribution is 7.13. The SMILES string of the molecule is CC(C)CC(CN(C)C)Nc1nc(CC(=O)O)cs1. The monoisotopic (exact) mass is 285 g/mol. The largest absolute Gasteiger partial charge is 0.481 e. The summed E-state index contributed by atoms with van der Waals surface area (Å²) in [5.41, 5.74) is 0.619. The zero-order valence-electron chi connectivity index (χ0n) is 12.0. The number of nitrogens with one attached hydrogen (secondary N) is 1. The van der Waals surface area contributed by atoms with Crippen molar-refractivity contribution >= 4 is 22.4 Å². The summed E-state index contributed by atoms with van der Waals surface area (Å²) >= 11 is 1.47. The molecule has 0 aliphatic rings. The Labute approximate surface area is 118 Å². The number of thiazole rings is 1. The van der Waals surface area contributed by atoms with E-state index in [1.54, 1.807) is 5.38 Å². The van der Waals surface area contributed by atoms with Crippen LogP contribution in [-0.4, -0.2) is 47.6 Å². The van der Waals surface area contributed by atoms with E-state index in [2.05, 4.69) is 29.0 Å². The number of hydrogen-bond acceptors (Lipinski definition) is 5. The van der Waals surface area contributed by atoms with E-state index < -0.39 is 5.97 Å². The smallest absolute Gasteiger partial charge is 0.309 e. The first-order chi connectivity index (χ1) is 8.86. The molecule has 108 valence electrons. The van der Waals surface area contributed by atoms with Crippen molar-refractivity contribution in [3.05, 3.63) is 11.1 Å². The Morgan fingerprint density at radius 2 is 2.21 bits per heavy atom. The molecule has 0 aromatic carbocycles. The van der Waals surface area contributed by atoms with Gasteiger partial charge >= 0.3 is 5.97 Å². The van der Waals surface area contributed by atoms with Crippen molar-refractivity contribution in [1.82, 2.24) is 9.88 Å². The van der Waals surface area contributed by atoms with Crippen molar-refractivity contribution in [3.8, 4) is 0 Å². The van der Waals surface area contributed by atoms with Gasteiger partial charge in [-0.25, -0.2) is 4.98 Å². The van der Waals surface area contributed by atoms with Crippen molar-refractivity contribution in [3.63, 3.8) is 0 Å². The molecule has 1 aromatic rings. The molecule has 1 atom stereocenters. The first kappa shape index (κ1) is 15.9. The van der Waals surface area contributed by atoms with Crippen LogP contribution in [0.15, 0.2) is 5.38 Å². The van der Waals surface area contributed by atoms with Crippen molar-refractivity contribution in [1.29, 1.82) is 0 Å². The lowest BCUT2D eigenvalue weighted by Gasteiger charge is -2.23. The maximum Gasteiger partial charge on any atom is 0.309 e. The summed E-state index contributed by atoms with van der Waals surface area (Å²) < 4.78 is 0. The number of carbonyl (C=O) groups is 1. The second-order valence-corrected chi connectivity index (χ2v) is 6.31. The minimum atomic E-state index is -0.844. The highest BCUT2D eigenvalue weighted by Crippen LogP contribution is 2.19. The zero-order valence-corrected chi connectivity index (χ0v) is 12.8. The summed E-state index contributed by atoms with van der Waals surface area (Å²) in [4.78, 5) is 17.1. The number of carboxylic acid groups (broad SMARTS) is 1. The second kappa shape index (κ2) is 7.45. The van der Waals surface area contributed by atoms with Crippen LogP contribution >= 0.6 is 11.3 Å². The molecule has 19 heavy (non-hydrogen) atoms. The molecule has 2 N–H and O–H groups in total. The fourth-order valence-electron chi connectivity index (χ4n) is 1.97. The van der Waals surface area contributed by atoms with E-state index in [0.29, 0.717) is 17.7 Å². The number of nitrogens with zero attached hydrogens (tertiary/aromatic N) is 2. The lowest BCUT2D eigenvalue weighted by atomic mass is 10.0. The topological polar surface area (TPSA) is 65.5 Å². The van der Waals surface area contributed by atoms with Crippen LogP contribution in [0.5, 0.6) is 0 Å². The third-order valence-electron chi connectivity index (χ3n) is 2.55. The molecule has 0 bridgehead atoms. The molecule has 0 spiro atoms. The molecule has 5 nitrogen and oxygen atoms in total. The minimum Gasteiger partial charge on any atom is -0.481 e. The quantitative estimate of drug-likeness (QED) is 0.766. The van der Waals surface area contributed by atoms with Crippen LogP contribution in [0.3, 0.4) is 0 Å². The summed E-state index contributed by atoms with van der Waals surface area (Å²) in [6, 6.07) is 0.332. The first-order valence-corrected chi connectivity index (χ1v) is 7.32. The highest BCUT2D eigenvalue weighted by atomic mass is 32.1. The fourth-order valence-corrected chi connectivity index (χ4v) is 2.76. The lowest BCUT2D eigenvalue weighted by Crippen LogP contribution is -2.33. The van der Waals surface area contributed by atoms with Gasteiger partial charge in [0.1, 0.15) is 0 Å². The molecule has 0 fully saturated rings. The average Bonchev–Trinajstić information content (AvgIpc) is 2.61. The molecule has 1 rings (SSSR count). The molecule has 6 heteroatoms. The maximum absolute atomic E-state index is 10.6. The molecule has 1 unspecified atom stereocenters. The summed E-state index contributed by atoms with van der Waals surface area (Å²) in [5.74, 6) is -0.236. The average molecular weight is 285 g/mol. The predicted octanol–water partition coefficient (Wildman–Crippen LogP) is 2.16. The van der Waals surface area contributed by atoms with Crippen LogP contribution in [0, 0.1) is 5.92 Å². The van der Waals surface area contributed by atoms with E-state index in [-0.39, 0.29) is 6.42 Å². The second-order valence-electron chi connectivity index (χ2n) is 5.45. The van der Waals surface area contributed by atoms with Gasteiger partial charge in [-0.2, -0.15) is 0 Å². The Kier molecular flexibility index (Phi) is 6.24. The van der Waals surface area contributed by atoms with E-state index in [1.807, 2.05) is 14.1 Å². The van der Waals surface area contributed by atoms with Crippen LogP contribution in [0.2, 0.25) is 0 Å². The Morgan fingerprint density at radius 3 is 2.74 bits per heavy atom. The van der Waals surface area contributed by atoms with Crippen LogP contribution in [0.1, 0.15) is 26.0 Å². The third kappa shape index (κ3) is 6.54. The normalized spacial score (nSPS) is 12.9. The lowest BCUT2D eigenvalue weighted by molar-refractivity contribution is -0.136. The van der Waals surface area contributed by atoms with Crippen molar-refractivity contribution in [2.24, 2.45) is 5.92 Å². The van der Waals surface area contributed by atoms with Crippen LogP contribution in [0.4, 0.5) is 5.13 Å². The summed E-state index contributed by atoms with van der Waals surface area (Å²) in [6.45, 7) is 5.33. The maximum atomic E-state index is 10.6. The molecule has 1 aromatic heterocycles. The number of aromatic nitrogens is 1. The number of carboxylic acids is 1. The Morgan fingerprint density at radius 1 is 1.53 bits per heavy atom. The van der Waals surface area contributed by atoms with Gasteiger partial charge in [-0.1, -0.05) is 13.8 Å². The van der Waals surface area contributed by atoms with Gasteiger partial charge in [-0.3, -0.25) is 4.79 Å². The molecule has 1 heterocycles. The summed E-state index contributed by atoms with van der Waals surface area (Å²) in [7, 11) is 4.10. The summed E-state index contributed by atoms with van der Waals surface area (Å²) in [5, 5.41) is 14.8. The highest BCUT2D eigenvalue weighted by Gasteiger charge is 2.14. The van der Waals surface area contributed by atoms with Gasteiger partial charge in [-0.05, 0) is 26.4 Å². The van der Waals surface area contributed by atoms with E-state index in [4.69, 9.17) is 5.11 Å². The Bertz CT molecular complexity index is 394. The molecule has 0 saturated carbocycles. The Hall–Kier alpha value is -1.14. The standard InChI is InChI=1S/C13H23N3O2S/c1-9(2)5-10(7-16(3)4)14-13-15-11(8-19-13)6-12(17)18/h8-10H,5-7H2,1-4H3,(H,14,15)(H,17,18). The Balaban J connectivity index is 2.61. The van der Waals surface area contributed by atoms with E-state index in [1.165, 1.54) is 11.3 Å². The van der Waals surface area contributed by atoms with Gasteiger partial charge < -0.3 is 15.3 Å². The molecule has 0 saturated heterocycles. The number of hydrogen-bond donors (Lipinski definition) is 2. The van der Waals surface area contributed by atoms with Gasteiger partial charge in [0.15, 0.2) is 5.13 Å². The number of aliphatic carboxylic acids is 1. The molecule has 0 amide bonds. The van der Waals surface area contributed by atoms with Gasteiger partial charge in [0.05, 0.1) is 12.1 Å². The van der Waals surface area contributed by atoms with Crippen molar-refractivity contribution < 1.29 is 9.90 Å².